The van der Waals surface area contributed by atoms with E-state index in [0.717, 1.165) is 44.1 Å². The van der Waals surface area contributed by atoms with Crippen LogP contribution in [-0.2, 0) is 6.42 Å². The Morgan fingerprint density at radius 3 is 2.57 bits per heavy atom. The highest BCUT2D eigenvalue weighted by molar-refractivity contribution is 5.48. The number of para-hydroxylation sites is 1. The summed E-state index contributed by atoms with van der Waals surface area (Å²) in [6.07, 6.45) is 1.02. The molecule has 2 aliphatic heterocycles. The number of likely N-dealkylation sites (N-methyl/N-ethyl adjacent to an activating group) is 1. The van der Waals surface area contributed by atoms with Crippen LogP contribution in [0.15, 0.2) is 42.5 Å². The fraction of sp³-hybridized carbons (Fsp3) is 0.400. The second kappa shape index (κ2) is 5.99. The van der Waals surface area contributed by atoms with Crippen molar-refractivity contribution in [1.29, 1.82) is 0 Å². The highest BCUT2D eigenvalue weighted by atomic mass is 16.5. The summed E-state index contributed by atoms with van der Waals surface area (Å²) in [7, 11) is 2.21. The summed E-state index contributed by atoms with van der Waals surface area (Å²) in [5.74, 6) is 2.03. The molecule has 1 saturated heterocycles. The molecule has 0 bridgehead atoms. The lowest BCUT2D eigenvalue weighted by molar-refractivity contribution is 0.111. The van der Waals surface area contributed by atoms with Crippen molar-refractivity contribution in [2.75, 3.05) is 33.2 Å². The molecule has 1 fully saturated rings. The van der Waals surface area contributed by atoms with Crippen LogP contribution >= 0.6 is 0 Å². The third-order valence-corrected chi connectivity index (χ3v) is 5.11. The lowest BCUT2D eigenvalue weighted by Crippen LogP contribution is -2.46. The summed E-state index contributed by atoms with van der Waals surface area (Å²) in [6.45, 7) is 6.69. The van der Waals surface area contributed by atoms with E-state index in [1.807, 2.05) is 0 Å². The van der Waals surface area contributed by atoms with E-state index in [9.17, 15) is 0 Å². The summed E-state index contributed by atoms with van der Waals surface area (Å²) in [4.78, 5) is 5.04. The average molecular weight is 308 g/mol. The quantitative estimate of drug-likeness (QED) is 0.800. The first-order valence-electron chi connectivity index (χ1n) is 8.49. The summed E-state index contributed by atoms with van der Waals surface area (Å²) < 4.78 is 6.26. The molecule has 0 aromatic heterocycles. The van der Waals surface area contributed by atoms with Crippen molar-refractivity contribution in [2.24, 2.45) is 0 Å². The second-order valence-electron chi connectivity index (χ2n) is 6.81. The Kier molecular flexibility index (Phi) is 3.83. The van der Waals surface area contributed by atoms with E-state index >= 15 is 0 Å². The SMILES string of the molecule is Cc1ccc2c(c1)C(N1CCN(C)CC1)Cc1ccccc1O2. The molecular formula is C20H24N2O. The van der Waals surface area contributed by atoms with Gasteiger partial charge in [-0.3, -0.25) is 4.90 Å². The molecule has 1 atom stereocenters. The zero-order chi connectivity index (χ0) is 15.8. The van der Waals surface area contributed by atoms with Crippen LogP contribution in [0.3, 0.4) is 0 Å². The Hall–Kier alpha value is -1.84. The van der Waals surface area contributed by atoms with E-state index in [0.29, 0.717) is 6.04 Å². The molecule has 0 saturated carbocycles. The number of rotatable bonds is 1. The van der Waals surface area contributed by atoms with Crippen molar-refractivity contribution in [2.45, 2.75) is 19.4 Å². The highest BCUT2D eigenvalue weighted by Gasteiger charge is 2.29. The topological polar surface area (TPSA) is 15.7 Å². The number of nitrogens with zero attached hydrogens (tertiary/aromatic N) is 2. The first-order chi connectivity index (χ1) is 11.2. The molecule has 120 valence electrons. The van der Waals surface area contributed by atoms with Gasteiger partial charge in [-0.25, -0.2) is 0 Å². The zero-order valence-corrected chi connectivity index (χ0v) is 14.0. The lowest BCUT2D eigenvalue weighted by atomic mass is 9.95. The van der Waals surface area contributed by atoms with E-state index < -0.39 is 0 Å². The molecule has 3 nitrogen and oxygen atoms in total. The summed E-state index contributed by atoms with van der Waals surface area (Å²) in [6, 6.07) is 15.5. The number of piperazine rings is 1. The number of fused-ring (bicyclic) bond motifs is 2. The molecule has 4 rings (SSSR count). The van der Waals surface area contributed by atoms with Gasteiger partial charge >= 0.3 is 0 Å². The maximum atomic E-state index is 6.26. The fourth-order valence-electron chi connectivity index (χ4n) is 3.69. The first-order valence-corrected chi connectivity index (χ1v) is 8.49. The molecular weight excluding hydrogens is 284 g/mol. The minimum Gasteiger partial charge on any atom is -0.457 e. The van der Waals surface area contributed by atoms with Gasteiger partial charge in [0.15, 0.2) is 0 Å². The Balaban J connectivity index is 1.76. The molecule has 0 amide bonds. The molecule has 2 heterocycles. The summed E-state index contributed by atoms with van der Waals surface area (Å²) in [5, 5.41) is 0. The van der Waals surface area contributed by atoms with Crippen LogP contribution in [0.1, 0.15) is 22.7 Å². The molecule has 2 aromatic rings. The van der Waals surface area contributed by atoms with Gasteiger partial charge in [0.2, 0.25) is 0 Å². The van der Waals surface area contributed by atoms with Gasteiger partial charge in [-0.1, -0.05) is 35.9 Å². The molecule has 1 unspecified atom stereocenters. The maximum absolute atomic E-state index is 6.26. The van der Waals surface area contributed by atoms with Crippen molar-refractivity contribution < 1.29 is 4.74 Å². The van der Waals surface area contributed by atoms with E-state index in [2.05, 4.69) is 66.2 Å². The van der Waals surface area contributed by atoms with Gasteiger partial charge in [-0.05, 0) is 38.1 Å². The van der Waals surface area contributed by atoms with Gasteiger partial charge in [0.1, 0.15) is 11.5 Å². The molecule has 0 radical (unpaired) electrons. The minimum absolute atomic E-state index is 0.405. The van der Waals surface area contributed by atoms with Crippen LogP contribution in [-0.4, -0.2) is 43.0 Å². The Labute approximate surface area is 138 Å². The van der Waals surface area contributed by atoms with Crippen LogP contribution in [0.25, 0.3) is 0 Å². The number of benzene rings is 2. The maximum Gasteiger partial charge on any atom is 0.132 e. The predicted molar refractivity (Wildman–Crippen MR) is 93.2 cm³/mol. The number of hydrogen-bond donors (Lipinski definition) is 0. The average Bonchev–Trinajstić information content (AvgIpc) is 2.72. The third kappa shape index (κ3) is 2.87. The van der Waals surface area contributed by atoms with Gasteiger partial charge in [-0.2, -0.15) is 0 Å². The lowest BCUT2D eigenvalue weighted by Gasteiger charge is -2.38. The van der Waals surface area contributed by atoms with Gasteiger partial charge < -0.3 is 9.64 Å². The first kappa shape index (κ1) is 14.7. The second-order valence-corrected chi connectivity index (χ2v) is 6.81. The normalized spacial score (nSPS) is 21.9. The van der Waals surface area contributed by atoms with E-state index in [4.69, 9.17) is 4.74 Å². The molecule has 0 aliphatic carbocycles. The third-order valence-electron chi connectivity index (χ3n) is 5.11. The number of hydrogen-bond acceptors (Lipinski definition) is 3. The largest absolute Gasteiger partial charge is 0.457 e. The smallest absolute Gasteiger partial charge is 0.132 e. The van der Waals surface area contributed by atoms with Crippen molar-refractivity contribution in [3.8, 4) is 11.5 Å². The van der Waals surface area contributed by atoms with Crippen molar-refractivity contribution in [1.82, 2.24) is 9.80 Å². The Morgan fingerprint density at radius 2 is 1.74 bits per heavy atom. The van der Waals surface area contributed by atoms with Crippen LogP contribution in [0, 0.1) is 6.92 Å². The van der Waals surface area contributed by atoms with E-state index in [1.165, 1.54) is 16.7 Å². The standard InChI is InChI=1S/C20H24N2O/c1-15-7-8-20-17(13-15)18(22-11-9-21(2)10-12-22)14-16-5-3-4-6-19(16)23-20/h3-8,13,18H,9-12,14H2,1-2H3. The van der Waals surface area contributed by atoms with Crippen LogP contribution in [0.5, 0.6) is 11.5 Å². The van der Waals surface area contributed by atoms with E-state index in [-0.39, 0.29) is 0 Å². The minimum atomic E-state index is 0.405. The van der Waals surface area contributed by atoms with Crippen molar-refractivity contribution >= 4 is 0 Å². The van der Waals surface area contributed by atoms with Crippen LogP contribution in [0.2, 0.25) is 0 Å². The monoisotopic (exact) mass is 308 g/mol. The van der Waals surface area contributed by atoms with Crippen LogP contribution < -0.4 is 4.74 Å². The predicted octanol–water partition coefficient (Wildman–Crippen LogP) is 3.63. The molecule has 3 heteroatoms. The summed E-state index contributed by atoms with van der Waals surface area (Å²) in [5.41, 5.74) is 3.95. The van der Waals surface area contributed by atoms with E-state index in [1.54, 1.807) is 0 Å². The van der Waals surface area contributed by atoms with Crippen molar-refractivity contribution in [3.05, 3.63) is 59.2 Å². The molecule has 0 N–H and O–H groups in total. The van der Waals surface area contributed by atoms with Gasteiger partial charge in [0.05, 0.1) is 0 Å². The molecule has 2 aromatic carbocycles. The Morgan fingerprint density at radius 1 is 0.957 bits per heavy atom. The van der Waals surface area contributed by atoms with Gasteiger partial charge in [-0.15, -0.1) is 0 Å². The fourth-order valence-corrected chi connectivity index (χ4v) is 3.69. The zero-order valence-electron chi connectivity index (χ0n) is 14.0. The molecule has 0 spiro atoms. The molecule has 23 heavy (non-hydrogen) atoms. The molecule has 2 aliphatic rings. The van der Waals surface area contributed by atoms with Crippen molar-refractivity contribution in [3.63, 3.8) is 0 Å². The number of aryl methyl sites for hydroxylation is 1. The van der Waals surface area contributed by atoms with Crippen LogP contribution in [0.4, 0.5) is 0 Å². The van der Waals surface area contributed by atoms with Gasteiger partial charge in [0.25, 0.3) is 0 Å². The Bertz CT molecular complexity index is 705. The highest BCUT2D eigenvalue weighted by Crippen LogP contribution is 2.41. The van der Waals surface area contributed by atoms with Gasteiger partial charge in [0, 0.05) is 37.8 Å². The summed E-state index contributed by atoms with van der Waals surface area (Å²) >= 11 is 0. The number of ether oxygens (including phenoxy) is 1.